The van der Waals surface area contributed by atoms with Gasteiger partial charge in [-0.25, -0.2) is 4.79 Å². The van der Waals surface area contributed by atoms with Gasteiger partial charge in [0.1, 0.15) is 0 Å². The molecule has 138 valence electrons. The Kier molecular flexibility index (Phi) is 6.92. The minimum absolute atomic E-state index is 0.264. The van der Waals surface area contributed by atoms with E-state index < -0.39 is 17.6 Å². The van der Waals surface area contributed by atoms with Crippen molar-refractivity contribution in [1.29, 1.82) is 0 Å². The highest BCUT2D eigenvalue weighted by atomic mass is 16.5. The number of hydrogen-bond acceptors (Lipinski definition) is 4. The van der Waals surface area contributed by atoms with Crippen LogP contribution < -0.4 is 5.32 Å². The molecule has 0 aromatic heterocycles. The van der Waals surface area contributed by atoms with Gasteiger partial charge in [-0.15, -0.1) is 0 Å². The molecule has 1 N–H and O–H groups in total. The van der Waals surface area contributed by atoms with E-state index in [1.54, 1.807) is 31.2 Å². The molecule has 0 radical (unpaired) electrons. The van der Waals surface area contributed by atoms with Crippen LogP contribution in [-0.2, 0) is 20.7 Å². The molecule has 26 heavy (non-hydrogen) atoms. The summed E-state index contributed by atoms with van der Waals surface area (Å²) in [7, 11) is 1.31. The van der Waals surface area contributed by atoms with Gasteiger partial charge in [-0.05, 0) is 31.5 Å². The zero-order chi connectivity index (χ0) is 19.0. The van der Waals surface area contributed by atoms with Crippen LogP contribution in [0.4, 0.5) is 0 Å². The monoisotopic (exact) mass is 355 g/mol. The first-order valence-electron chi connectivity index (χ1n) is 8.65. The summed E-state index contributed by atoms with van der Waals surface area (Å²) < 4.78 is 10.8. The van der Waals surface area contributed by atoms with Crippen molar-refractivity contribution >= 4 is 11.9 Å². The molecule has 0 aliphatic heterocycles. The van der Waals surface area contributed by atoms with Crippen LogP contribution in [0.25, 0.3) is 0 Å². The first kappa shape index (κ1) is 19.7. The fraction of sp³-hybridized carbons (Fsp3) is 0.333. The second-order valence-electron chi connectivity index (χ2n) is 6.04. The van der Waals surface area contributed by atoms with Crippen molar-refractivity contribution in [1.82, 2.24) is 5.32 Å². The lowest BCUT2D eigenvalue weighted by Crippen LogP contribution is -2.63. The van der Waals surface area contributed by atoms with E-state index in [0.29, 0.717) is 12.2 Å². The van der Waals surface area contributed by atoms with Crippen LogP contribution in [0.2, 0.25) is 0 Å². The summed E-state index contributed by atoms with van der Waals surface area (Å²) in [4.78, 5) is 25.6. The summed E-state index contributed by atoms with van der Waals surface area (Å²) in [6, 6.07) is 18.3. The molecule has 5 nitrogen and oxygen atoms in total. The molecule has 0 fully saturated rings. The van der Waals surface area contributed by atoms with Gasteiger partial charge in [0, 0.05) is 18.6 Å². The Labute approximate surface area is 154 Å². The Hall–Kier alpha value is -2.66. The highest BCUT2D eigenvalue weighted by molar-refractivity contribution is 5.98. The van der Waals surface area contributed by atoms with E-state index in [0.717, 1.165) is 5.56 Å². The van der Waals surface area contributed by atoms with Crippen molar-refractivity contribution < 1.29 is 19.1 Å². The van der Waals surface area contributed by atoms with Gasteiger partial charge in [-0.1, -0.05) is 48.5 Å². The fourth-order valence-corrected chi connectivity index (χ4v) is 2.94. The van der Waals surface area contributed by atoms with Crippen molar-refractivity contribution in [3.63, 3.8) is 0 Å². The predicted octanol–water partition coefficient (Wildman–Crippen LogP) is 3.00. The van der Waals surface area contributed by atoms with E-state index in [1.165, 1.54) is 7.11 Å². The number of hydrogen-bond donors (Lipinski definition) is 1. The molecule has 2 aromatic rings. The third-order valence-electron chi connectivity index (χ3n) is 4.36. The molecule has 0 spiro atoms. The van der Waals surface area contributed by atoms with E-state index in [-0.39, 0.29) is 12.3 Å². The molecule has 0 unspecified atom stereocenters. The van der Waals surface area contributed by atoms with E-state index in [2.05, 4.69) is 5.32 Å². The number of carbonyl (C=O) groups excluding carboxylic acids is 2. The van der Waals surface area contributed by atoms with Gasteiger partial charge in [-0.3, -0.25) is 4.79 Å². The Bertz CT molecular complexity index is 717. The van der Waals surface area contributed by atoms with Crippen molar-refractivity contribution in [2.75, 3.05) is 13.7 Å². The molecular weight excluding hydrogens is 330 g/mol. The van der Waals surface area contributed by atoms with Gasteiger partial charge in [0.2, 0.25) is 0 Å². The maximum absolute atomic E-state index is 12.8. The summed E-state index contributed by atoms with van der Waals surface area (Å²) >= 11 is 0. The lowest BCUT2D eigenvalue weighted by Gasteiger charge is -2.37. The smallest absolute Gasteiger partial charge is 0.334 e. The first-order valence-corrected chi connectivity index (χ1v) is 8.65. The molecular formula is C21H25NO4. The average molecular weight is 355 g/mol. The minimum atomic E-state index is -1.33. The Morgan fingerprint density at radius 2 is 1.62 bits per heavy atom. The standard InChI is InChI=1S/C21H25NO4/c1-4-26-16(2)21(20(24)25-3,15-17-11-7-5-8-12-17)22-19(23)18-13-9-6-10-14-18/h5-14,16H,4,15H2,1-3H3,(H,22,23)/t16-,21-/m1/s1. The zero-order valence-electron chi connectivity index (χ0n) is 15.4. The van der Waals surface area contributed by atoms with Crippen LogP contribution in [0.3, 0.4) is 0 Å². The van der Waals surface area contributed by atoms with Crippen LogP contribution >= 0.6 is 0 Å². The van der Waals surface area contributed by atoms with Gasteiger partial charge < -0.3 is 14.8 Å². The number of amides is 1. The predicted molar refractivity (Wildman–Crippen MR) is 99.9 cm³/mol. The van der Waals surface area contributed by atoms with Crippen molar-refractivity contribution in [2.24, 2.45) is 0 Å². The molecule has 0 aliphatic rings. The summed E-state index contributed by atoms with van der Waals surface area (Å²) in [5.74, 6) is -0.884. The highest BCUT2D eigenvalue weighted by Gasteiger charge is 2.47. The summed E-state index contributed by atoms with van der Waals surface area (Å²) in [5.41, 5.74) is 0.0364. The van der Waals surface area contributed by atoms with Crippen LogP contribution in [-0.4, -0.2) is 37.2 Å². The number of ether oxygens (including phenoxy) is 2. The normalized spacial score (nSPS) is 14.1. The maximum Gasteiger partial charge on any atom is 0.334 e. The number of nitrogens with one attached hydrogen (secondary N) is 1. The number of esters is 1. The second kappa shape index (κ2) is 9.15. The quantitative estimate of drug-likeness (QED) is 0.740. The van der Waals surface area contributed by atoms with Crippen LogP contribution in [0.5, 0.6) is 0 Å². The Morgan fingerprint density at radius 1 is 1.04 bits per heavy atom. The van der Waals surface area contributed by atoms with E-state index in [9.17, 15) is 9.59 Å². The molecule has 1 amide bonds. The number of rotatable bonds is 8. The third-order valence-corrected chi connectivity index (χ3v) is 4.36. The summed E-state index contributed by atoms with van der Waals surface area (Å²) in [6.45, 7) is 4.03. The van der Waals surface area contributed by atoms with Crippen molar-refractivity contribution in [3.8, 4) is 0 Å². The maximum atomic E-state index is 12.8. The van der Waals surface area contributed by atoms with Gasteiger partial charge >= 0.3 is 5.97 Å². The summed E-state index contributed by atoms with van der Waals surface area (Å²) in [5, 5.41) is 2.89. The zero-order valence-corrected chi connectivity index (χ0v) is 15.4. The molecule has 0 saturated heterocycles. The van der Waals surface area contributed by atoms with E-state index in [4.69, 9.17) is 9.47 Å². The molecule has 0 aliphatic carbocycles. The molecule has 5 heteroatoms. The molecule has 2 atom stereocenters. The number of methoxy groups -OCH3 is 1. The van der Waals surface area contributed by atoms with Crippen molar-refractivity contribution in [3.05, 3.63) is 71.8 Å². The summed E-state index contributed by atoms with van der Waals surface area (Å²) in [6.07, 6.45) is -0.312. The number of carbonyl (C=O) groups is 2. The molecule has 0 saturated carbocycles. The van der Waals surface area contributed by atoms with Gasteiger partial charge in [-0.2, -0.15) is 0 Å². The molecule has 2 aromatic carbocycles. The lowest BCUT2D eigenvalue weighted by molar-refractivity contribution is -0.155. The fourth-order valence-electron chi connectivity index (χ4n) is 2.94. The highest BCUT2D eigenvalue weighted by Crippen LogP contribution is 2.23. The SMILES string of the molecule is CCO[C@H](C)[C@@](Cc1ccccc1)(NC(=O)c1ccccc1)C(=O)OC. The second-order valence-corrected chi connectivity index (χ2v) is 6.04. The van der Waals surface area contributed by atoms with Gasteiger partial charge in [0.15, 0.2) is 5.54 Å². The Balaban J connectivity index is 2.43. The van der Waals surface area contributed by atoms with Crippen LogP contribution in [0.1, 0.15) is 29.8 Å². The topological polar surface area (TPSA) is 64.6 Å². The van der Waals surface area contributed by atoms with E-state index in [1.807, 2.05) is 43.3 Å². The van der Waals surface area contributed by atoms with Gasteiger partial charge in [0.05, 0.1) is 13.2 Å². The molecule has 0 heterocycles. The van der Waals surface area contributed by atoms with Crippen molar-refractivity contribution in [2.45, 2.75) is 31.9 Å². The molecule has 0 bridgehead atoms. The minimum Gasteiger partial charge on any atom is -0.467 e. The first-order chi connectivity index (χ1) is 12.5. The van der Waals surface area contributed by atoms with Crippen LogP contribution in [0, 0.1) is 0 Å². The van der Waals surface area contributed by atoms with Crippen LogP contribution in [0.15, 0.2) is 60.7 Å². The Morgan fingerprint density at radius 3 is 2.15 bits per heavy atom. The average Bonchev–Trinajstić information content (AvgIpc) is 2.68. The van der Waals surface area contributed by atoms with Gasteiger partial charge in [0.25, 0.3) is 5.91 Å². The largest absolute Gasteiger partial charge is 0.467 e. The third kappa shape index (κ3) is 4.49. The molecule has 2 rings (SSSR count). The van der Waals surface area contributed by atoms with E-state index >= 15 is 0 Å². The lowest BCUT2D eigenvalue weighted by atomic mass is 9.85. The number of benzene rings is 2.